The van der Waals surface area contributed by atoms with Gasteiger partial charge in [-0.3, -0.25) is 0 Å². The molecule has 4 rings (SSSR count). The van der Waals surface area contributed by atoms with Gasteiger partial charge in [-0.25, -0.2) is 0 Å². The van der Waals surface area contributed by atoms with E-state index < -0.39 is 0 Å². The maximum absolute atomic E-state index is 5.72. The van der Waals surface area contributed by atoms with E-state index >= 15 is 0 Å². The van der Waals surface area contributed by atoms with Gasteiger partial charge in [0.15, 0.2) is 0 Å². The molecule has 1 fully saturated rings. The molecule has 21 heavy (non-hydrogen) atoms. The minimum Gasteiger partial charge on any atom is -0.376 e. The number of fused-ring (bicyclic) bond motifs is 3. The number of nitrogens with one attached hydrogen (secondary N) is 2. The van der Waals surface area contributed by atoms with Gasteiger partial charge in [0.2, 0.25) is 0 Å². The third-order valence-electron chi connectivity index (χ3n) is 4.59. The maximum Gasteiger partial charge on any atom is 0.0933 e. The van der Waals surface area contributed by atoms with Crippen LogP contribution in [0.1, 0.15) is 30.1 Å². The van der Waals surface area contributed by atoms with E-state index in [0.29, 0.717) is 19.3 Å². The van der Waals surface area contributed by atoms with Crippen molar-refractivity contribution >= 4 is 10.9 Å². The van der Waals surface area contributed by atoms with E-state index in [1.165, 1.54) is 41.4 Å². The number of para-hydroxylation sites is 1. The van der Waals surface area contributed by atoms with Crippen LogP contribution in [0.15, 0.2) is 24.3 Å². The van der Waals surface area contributed by atoms with Crippen molar-refractivity contribution in [1.29, 1.82) is 0 Å². The van der Waals surface area contributed by atoms with Crippen LogP contribution in [0.3, 0.4) is 0 Å². The van der Waals surface area contributed by atoms with Gasteiger partial charge in [-0.1, -0.05) is 18.2 Å². The highest BCUT2D eigenvalue weighted by Crippen LogP contribution is 2.34. The van der Waals surface area contributed by atoms with Gasteiger partial charge < -0.3 is 19.8 Å². The highest BCUT2D eigenvalue weighted by Gasteiger charge is 2.25. The molecule has 1 aromatic carbocycles. The standard InChI is InChI=1S/C17H22N2O2/c1-2-6-15-13(4-1)14-5-3-7-16(17(14)19-15)18-10-12-11-20-8-9-21-12/h1-2,4,6,12,16,18-19H,3,5,7-11H2. The Bertz CT molecular complexity index is 616. The SMILES string of the molecule is c1ccc2c3c([nH]c2c1)C(NCC1COCCO1)CCC3. The first-order chi connectivity index (χ1) is 10.4. The summed E-state index contributed by atoms with van der Waals surface area (Å²) in [6, 6.07) is 9.03. The Morgan fingerprint density at radius 3 is 3.10 bits per heavy atom. The molecular weight excluding hydrogens is 264 g/mol. The molecule has 1 saturated heterocycles. The molecule has 2 atom stereocenters. The van der Waals surface area contributed by atoms with Crippen LogP contribution in [0.5, 0.6) is 0 Å². The molecule has 0 saturated carbocycles. The van der Waals surface area contributed by atoms with Crippen molar-refractivity contribution in [3.05, 3.63) is 35.5 Å². The molecule has 0 radical (unpaired) electrons. The minimum atomic E-state index is 0.188. The Morgan fingerprint density at radius 1 is 1.24 bits per heavy atom. The van der Waals surface area contributed by atoms with Gasteiger partial charge >= 0.3 is 0 Å². The van der Waals surface area contributed by atoms with Crippen LogP contribution in [0, 0.1) is 0 Å². The molecule has 112 valence electrons. The molecule has 2 heterocycles. The zero-order valence-corrected chi connectivity index (χ0v) is 12.2. The van der Waals surface area contributed by atoms with E-state index in [0.717, 1.165) is 13.2 Å². The lowest BCUT2D eigenvalue weighted by Gasteiger charge is -2.28. The third kappa shape index (κ3) is 2.59. The van der Waals surface area contributed by atoms with Crippen molar-refractivity contribution in [2.45, 2.75) is 31.4 Å². The summed E-state index contributed by atoms with van der Waals surface area (Å²) in [5, 5.41) is 5.06. The highest BCUT2D eigenvalue weighted by atomic mass is 16.6. The maximum atomic E-state index is 5.72. The van der Waals surface area contributed by atoms with Gasteiger partial charge in [0.1, 0.15) is 0 Å². The van der Waals surface area contributed by atoms with Gasteiger partial charge in [-0.2, -0.15) is 0 Å². The molecule has 2 aliphatic rings. The van der Waals surface area contributed by atoms with E-state index in [2.05, 4.69) is 34.6 Å². The number of aromatic nitrogens is 1. The Kier molecular flexibility index (Phi) is 3.67. The summed E-state index contributed by atoms with van der Waals surface area (Å²) in [6.07, 6.45) is 3.80. The lowest BCUT2D eigenvalue weighted by atomic mass is 9.91. The van der Waals surface area contributed by atoms with E-state index in [9.17, 15) is 0 Å². The highest BCUT2D eigenvalue weighted by molar-refractivity contribution is 5.85. The van der Waals surface area contributed by atoms with Gasteiger partial charge in [0.25, 0.3) is 0 Å². The lowest BCUT2D eigenvalue weighted by molar-refractivity contribution is -0.0872. The fourth-order valence-corrected chi connectivity index (χ4v) is 3.55. The summed E-state index contributed by atoms with van der Waals surface area (Å²) in [6.45, 7) is 3.01. The van der Waals surface area contributed by atoms with Gasteiger partial charge in [-0.05, 0) is 30.9 Å². The van der Waals surface area contributed by atoms with Crippen molar-refractivity contribution in [2.75, 3.05) is 26.4 Å². The molecule has 2 N–H and O–H groups in total. The number of hydrogen-bond acceptors (Lipinski definition) is 3. The summed E-state index contributed by atoms with van der Waals surface area (Å²) in [5.74, 6) is 0. The third-order valence-corrected chi connectivity index (χ3v) is 4.59. The molecule has 1 aromatic heterocycles. The Labute approximate surface area is 124 Å². The number of aromatic amines is 1. The van der Waals surface area contributed by atoms with E-state index in [1.54, 1.807) is 0 Å². The minimum absolute atomic E-state index is 0.188. The molecule has 1 aliphatic heterocycles. The predicted octanol–water partition coefficient (Wildman–Crippen LogP) is 2.55. The number of aryl methyl sites for hydroxylation is 1. The second-order valence-corrected chi connectivity index (χ2v) is 5.98. The monoisotopic (exact) mass is 286 g/mol. The summed E-state index contributed by atoms with van der Waals surface area (Å²) in [7, 11) is 0. The molecule has 2 unspecified atom stereocenters. The number of H-pyrrole nitrogens is 1. The molecular formula is C17H22N2O2. The topological polar surface area (TPSA) is 46.3 Å². The molecule has 4 nitrogen and oxygen atoms in total. The second-order valence-electron chi connectivity index (χ2n) is 5.98. The van der Waals surface area contributed by atoms with Crippen molar-refractivity contribution < 1.29 is 9.47 Å². The van der Waals surface area contributed by atoms with Crippen LogP contribution >= 0.6 is 0 Å². The molecule has 0 spiro atoms. The zero-order valence-electron chi connectivity index (χ0n) is 12.2. The number of hydrogen-bond donors (Lipinski definition) is 2. The molecule has 2 aromatic rings. The van der Waals surface area contributed by atoms with Crippen LogP contribution in [0.25, 0.3) is 10.9 Å². The fraction of sp³-hybridized carbons (Fsp3) is 0.529. The fourth-order valence-electron chi connectivity index (χ4n) is 3.55. The van der Waals surface area contributed by atoms with E-state index in [-0.39, 0.29) is 6.10 Å². The second kappa shape index (κ2) is 5.79. The first kappa shape index (κ1) is 13.3. The summed E-state index contributed by atoms with van der Waals surface area (Å²) in [4.78, 5) is 3.62. The Balaban J connectivity index is 1.52. The summed E-state index contributed by atoms with van der Waals surface area (Å²) < 4.78 is 11.2. The molecule has 0 bridgehead atoms. The van der Waals surface area contributed by atoms with Crippen LogP contribution in [0.4, 0.5) is 0 Å². The summed E-state index contributed by atoms with van der Waals surface area (Å²) in [5.41, 5.74) is 4.13. The van der Waals surface area contributed by atoms with E-state index in [1.807, 2.05) is 0 Å². The quantitative estimate of drug-likeness (QED) is 0.911. The van der Waals surface area contributed by atoms with Crippen molar-refractivity contribution in [1.82, 2.24) is 10.3 Å². The Hall–Kier alpha value is -1.36. The van der Waals surface area contributed by atoms with Crippen molar-refractivity contribution in [3.8, 4) is 0 Å². The van der Waals surface area contributed by atoms with Crippen molar-refractivity contribution in [2.24, 2.45) is 0 Å². The summed E-state index contributed by atoms with van der Waals surface area (Å²) >= 11 is 0. The lowest BCUT2D eigenvalue weighted by Crippen LogP contribution is -2.39. The van der Waals surface area contributed by atoms with Crippen LogP contribution in [-0.4, -0.2) is 37.5 Å². The smallest absolute Gasteiger partial charge is 0.0933 e. The number of ether oxygens (including phenoxy) is 2. The number of rotatable bonds is 3. The molecule has 4 heteroatoms. The first-order valence-corrected chi connectivity index (χ1v) is 7.94. The number of benzene rings is 1. The van der Waals surface area contributed by atoms with Gasteiger partial charge in [-0.15, -0.1) is 0 Å². The van der Waals surface area contributed by atoms with E-state index in [4.69, 9.17) is 9.47 Å². The predicted molar refractivity (Wildman–Crippen MR) is 82.5 cm³/mol. The zero-order chi connectivity index (χ0) is 14.1. The van der Waals surface area contributed by atoms with Crippen LogP contribution in [0.2, 0.25) is 0 Å². The van der Waals surface area contributed by atoms with Gasteiger partial charge in [0, 0.05) is 29.2 Å². The Morgan fingerprint density at radius 2 is 2.19 bits per heavy atom. The normalized spacial score (nSPS) is 25.9. The van der Waals surface area contributed by atoms with Crippen LogP contribution in [-0.2, 0) is 15.9 Å². The van der Waals surface area contributed by atoms with Gasteiger partial charge in [0.05, 0.1) is 25.9 Å². The average Bonchev–Trinajstić information content (AvgIpc) is 2.93. The van der Waals surface area contributed by atoms with Crippen molar-refractivity contribution in [3.63, 3.8) is 0 Å². The first-order valence-electron chi connectivity index (χ1n) is 7.94. The molecule has 1 aliphatic carbocycles. The average molecular weight is 286 g/mol. The van der Waals surface area contributed by atoms with Crippen LogP contribution < -0.4 is 5.32 Å². The largest absolute Gasteiger partial charge is 0.376 e. The molecule has 0 amide bonds.